The van der Waals surface area contributed by atoms with Crippen molar-refractivity contribution in [3.05, 3.63) is 40.2 Å². The average molecular weight is 301 g/mol. The number of nitrogen functional groups attached to an aromatic ring is 1. The van der Waals surface area contributed by atoms with Crippen molar-refractivity contribution in [3.8, 4) is 0 Å². The highest BCUT2D eigenvalue weighted by atomic mass is 16.2. The predicted molar refractivity (Wildman–Crippen MR) is 90.2 cm³/mol. The number of carbonyl (C=O) groups excluding carboxylic acids is 1. The van der Waals surface area contributed by atoms with E-state index in [0.717, 1.165) is 31.3 Å². The number of carbonyl (C=O) groups is 1. The average Bonchev–Trinajstić information content (AvgIpc) is 2.50. The van der Waals surface area contributed by atoms with Crippen LogP contribution in [-0.2, 0) is 6.54 Å². The molecule has 0 aliphatic rings. The summed E-state index contributed by atoms with van der Waals surface area (Å²) in [5, 5.41) is 3.12. The molecule has 0 atom stereocenters. The number of fused-ring (bicyclic) bond motifs is 1. The molecule has 0 aliphatic heterocycles. The Labute approximate surface area is 130 Å². The van der Waals surface area contributed by atoms with E-state index in [2.05, 4.69) is 12.2 Å². The summed E-state index contributed by atoms with van der Waals surface area (Å²) in [7, 11) is 0. The molecule has 1 amide bonds. The zero-order valence-corrected chi connectivity index (χ0v) is 13.2. The molecule has 22 heavy (non-hydrogen) atoms. The topological polar surface area (TPSA) is 77.1 Å². The third-order valence-corrected chi connectivity index (χ3v) is 3.73. The molecular weight excluding hydrogens is 278 g/mol. The molecule has 0 saturated carbocycles. The minimum Gasteiger partial charge on any atom is -0.398 e. The molecule has 5 nitrogen and oxygen atoms in total. The molecule has 2 aromatic rings. The van der Waals surface area contributed by atoms with E-state index in [4.69, 9.17) is 5.73 Å². The van der Waals surface area contributed by atoms with Gasteiger partial charge in [-0.15, -0.1) is 0 Å². The Morgan fingerprint density at radius 3 is 2.73 bits per heavy atom. The smallest absolute Gasteiger partial charge is 0.256 e. The minimum atomic E-state index is -0.345. The van der Waals surface area contributed by atoms with E-state index in [1.54, 1.807) is 12.3 Å². The molecule has 2 rings (SSSR count). The van der Waals surface area contributed by atoms with Crippen LogP contribution in [0, 0.1) is 0 Å². The molecule has 0 radical (unpaired) electrons. The van der Waals surface area contributed by atoms with Gasteiger partial charge in [-0.05, 0) is 25.5 Å². The number of pyridine rings is 1. The van der Waals surface area contributed by atoms with Crippen molar-refractivity contribution < 1.29 is 4.79 Å². The normalized spacial score (nSPS) is 10.8. The number of aromatic nitrogens is 1. The fourth-order valence-electron chi connectivity index (χ4n) is 2.60. The zero-order valence-electron chi connectivity index (χ0n) is 13.2. The number of nitrogens with two attached hydrogens (primary N) is 1. The zero-order chi connectivity index (χ0) is 16.1. The first-order chi connectivity index (χ1) is 10.6. The predicted octanol–water partition coefficient (Wildman–Crippen LogP) is 2.52. The number of nitrogens with one attached hydrogen (secondary N) is 1. The third kappa shape index (κ3) is 3.13. The molecule has 3 N–H and O–H groups in total. The Morgan fingerprint density at radius 1 is 1.27 bits per heavy atom. The summed E-state index contributed by atoms with van der Waals surface area (Å²) in [6.45, 7) is 5.21. The number of benzene rings is 1. The second-order valence-corrected chi connectivity index (χ2v) is 5.37. The van der Waals surface area contributed by atoms with E-state index in [-0.39, 0.29) is 16.9 Å². The van der Waals surface area contributed by atoms with E-state index in [0.29, 0.717) is 17.6 Å². The maximum Gasteiger partial charge on any atom is 0.256 e. The van der Waals surface area contributed by atoms with Crippen molar-refractivity contribution in [1.82, 2.24) is 9.88 Å². The number of rotatable bonds is 6. The first-order valence-corrected chi connectivity index (χ1v) is 7.80. The number of anilines is 1. The van der Waals surface area contributed by atoms with Crippen molar-refractivity contribution in [2.24, 2.45) is 0 Å². The SMILES string of the molecule is CCCCCn1cc(C(=O)NCC)c(=O)c2c(N)cccc21. The second kappa shape index (κ2) is 7.11. The van der Waals surface area contributed by atoms with Crippen LogP contribution in [0.25, 0.3) is 10.9 Å². The van der Waals surface area contributed by atoms with Gasteiger partial charge < -0.3 is 15.6 Å². The molecule has 1 aromatic carbocycles. The molecule has 0 aliphatic carbocycles. The summed E-state index contributed by atoms with van der Waals surface area (Å²) in [4.78, 5) is 24.7. The number of aryl methyl sites for hydroxylation is 1. The lowest BCUT2D eigenvalue weighted by molar-refractivity contribution is 0.0954. The van der Waals surface area contributed by atoms with E-state index in [9.17, 15) is 9.59 Å². The lowest BCUT2D eigenvalue weighted by atomic mass is 10.1. The molecule has 1 heterocycles. The fourth-order valence-corrected chi connectivity index (χ4v) is 2.60. The van der Waals surface area contributed by atoms with E-state index >= 15 is 0 Å². The van der Waals surface area contributed by atoms with Gasteiger partial charge in [-0.1, -0.05) is 25.8 Å². The summed E-state index contributed by atoms with van der Waals surface area (Å²) in [5.41, 5.74) is 7.04. The molecular formula is C17H23N3O2. The molecule has 0 spiro atoms. The highest BCUT2D eigenvalue weighted by molar-refractivity contribution is 6.00. The maximum atomic E-state index is 12.6. The van der Waals surface area contributed by atoms with Crippen LogP contribution in [0.15, 0.2) is 29.2 Å². The van der Waals surface area contributed by atoms with Crippen LogP contribution >= 0.6 is 0 Å². The largest absolute Gasteiger partial charge is 0.398 e. The third-order valence-electron chi connectivity index (χ3n) is 3.73. The van der Waals surface area contributed by atoms with Crippen LogP contribution in [0.3, 0.4) is 0 Å². The van der Waals surface area contributed by atoms with Crippen molar-refractivity contribution in [2.75, 3.05) is 12.3 Å². The first kappa shape index (κ1) is 16.1. The van der Waals surface area contributed by atoms with Crippen molar-refractivity contribution in [2.45, 2.75) is 39.7 Å². The van der Waals surface area contributed by atoms with Gasteiger partial charge in [-0.3, -0.25) is 9.59 Å². The van der Waals surface area contributed by atoms with Crippen LogP contribution in [-0.4, -0.2) is 17.0 Å². The molecule has 1 aromatic heterocycles. The van der Waals surface area contributed by atoms with E-state index < -0.39 is 0 Å². The summed E-state index contributed by atoms with van der Waals surface area (Å²) in [6.07, 6.45) is 4.87. The van der Waals surface area contributed by atoms with Gasteiger partial charge in [0, 0.05) is 25.0 Å². The molecule has 0 saturated heterocycles. The second-order valence-electron chi connectivity index (χ2n) is 5.37. The standard InChI is InChI=1S/C17H23N3O2/c1-3-5-6-10-20-11-12(17(22)19-4-2)16(21)15-13(18)8-7-9-14(15)20/h7-9,11H,3-6,10,18H2,1-2H3,(H,19,22). The molecule has 118 valence electrons. The van der Waals surface area contributed by atoms with Gasteiger partial charge in [0.15, 0.2) is 0 Å². The van der Waals surface area contributed by atoms with Crippen molar-refractivity contribution in [3.63, 3.8) is 0 Å². The molecule has 0 unspecified atom stereocenters. The van der Waals surface area contributed by atoms with Crippen molar-refractivity contribution in [1.29, 1.82) is 0 Å². The van der Waals surface area contributed by atoms with Crippen LogP contribution in [0.2, 0.25) is 0 Å². The Bertz CT molecular complexity index is 734. The minimum absolute atomic E-state index is 0.156. The lowest BCUT2D eigenvalue weighted by Gasteiger charge is -2.14. The molecule has 5 heteroatoms. The van der Waals surface area contributed by atoms with Gasteiger partial charge in [0.1, 0.15) is 5.56 Å². The van der Waals surface area contributed by atoms with Crippen molar-refractivity contribution >= 4 is 22.5 Å². The summed E-state index contributed by atoms with van der Waals surface area (Å²) in [5.74, 6) is -0.345. The maximum absolute atomic E-state index is 12.6. The number of unbranched alkanes of at least 4 members (excludes halogenated alkanes) is 2. The van der Waals surface area contributed by atoms with Gasteiger partial charge in [0.2, 0.25) is 5.43 Å². The quantitative estimate of drug-likeness (QED) is 0.636. The van der Waals surface area contributed by atoms with Gasteiger partial charge >= 0.3 is 0 Å². The fraction of sp³-hybridized carbons (Fsp3) is 0.412. The molecule has 0 fully saturated rings. The lowest BCUT2D eigenvalue weighted by Crippen LogP contribution is -2.30. The van der Waals surface area contributed by atoms with Gasteiger partial charge in [0.25, 0.3) is 5.91 Å². The number of nitrogens with zero attached hydrogens (tertiary/aromatic N) is 1. The highest BCUT2D eigenvalue weighted by Crippen LogP contribution is 2.19. The van der Waals surface area contributed by atoms with Crippen LogP contribution in [0.1, 0.15) is 43.5 Å². The van der Waals surface area contributed by atoms with Crippen LogP contribution in [0.4, 0.5) is 5.69 Å². The number of amides is 1. The van der Waals surface area contributed by atoms with E-state index in [1.807, 2.05) is 23.6 Å². The first-order valence-electron chi connectivity index (χ1n) is 7.80. The summed E-state index contributed by atoms with van der Waals surface area (Å²) in [6, 6.07) is 5.40. The van der Waals surface area contributed by atoms with Gasteiger partial charge in [-0.25, -0.2) is 0 Å². The van der Waals surface area contributed by atoms with Gasteiger partial charge in [-0.2, -0.15) is 0 Å². The van der Waals surface area contributed by atoms with E-state index in [1.165, 1.54) is 0 Å². The Kier molecular flexibility index (Phi) is 5.20. The molecule has 0 bridgehead atoms. The Morgan fingerprint density at radius 2 is 2.05 bits per heavy atom. The Balaban J connectivity index is 2.61. The summed E-state index contributed by atoms with van der Waals surface area (Å²) < 4.78 is 1.97. The number of hydrogen-bond acceptors (Lipinski definition) is 3. The monoisotopic (exact) mass is 301 g/mol. The number of hydrogen-bond donors (Lipinski definition) is 2. The van der Waals surface area contributed by atoms with Crippen LogP contribution < -0.4 is 16.5 Å². The summed E-state index contributed by atoms with van der Waals surface area (Å²) >= 11 is 0. The van der Waals surface area contributed by atoms with Gasteiger partial charge in [0.05, 0.1) is 10.9 Å². The van der Waals surface area contributed by atoms with Crippen LogP contribution in [0.5, 0.6) is 0 Å². The Hall–Kier alpha value is -2.30. The highest BCUT2D eigenvalue weighted by Gasteiger charge is 2.16.